The molecule has 37 heavy (non-hydrogen) atoms. The summed E-state index contributed by atoms with van der Waals surface area (Å²) in [7, 11) is 5.95. The maximum atomic E-state index is 12.7. The zero-order valence-electron chi connectivity index (χ0n) is 20.6. The first-order valence-electron chi connectivity index (χ1n) is 10.8. The molecule has 0 saturated carbocycles. The molecule has 0 radical (unpaired) electrons. The summed E-state index contributed by atoms with van der Waals surface area (Å²) in [5, 5.41) is 16.2. The minimum Gasteiger partial charge on any atom is -0.496 e. The van der Waals surface area contributed by atoms with Gasteiger partial charge in [0.05, 0.1) is 44.6 Å². The lowest BCUT2D eigenvalue weighted by molar-refractivity contribution is -0.384. The van der Waals surface area contributed by atoms with Crippen molar-refractivity contribution in [2.75, 3.05) is 39.1 Å². The zero-order chi connectivity index (χ0) is 26.9. The third-order valence-corrected chi connectivity index (χ3v) is 5.21. The SMILES string of the molecule is COc1cc(OC)c(/C=C/C(=O)Nc2ccc(OC)c(NC(=O)c3ccc([N+](=O)[O-])cc3)c2)c(OC)c1. The Balaban J connectivity index is 1.78. The highest BCUT2D eigenvalue weighted by atomic mass is 16.6. The van der Waals surface area contributed by atoms with E-state index in [0.29, 0.717) is 39.9 Å². The molecule has 0 aliphatic rings. The summed E-state index contributed by atoms with van der Waals surface area (Å²) in [6.07, 6.45) is 2.86. The Morgan fingerprint density at radius 3 is 1.97 bits per heavy atom. The smallest absolute Gasteiger partial charge is 0.269 e. The highest BCUT2D eigenvalue weighted by Gasteiger charge is 2.14. The van der Waals surface area contributed by atoms with Gasteiger partial charge in [0.2, 0.25) is 5.91 Å². The molecule has 11 nitrogen and oxygen atoms in total. The van der Waals surface area contributed by atoms with Crippen molar-refractivity contribution < 1.29 is 33.5 Å². The number of ether oxygens (including phenoxy) is 4. The largest absolute Gasteiger partial charge is 0.496 e. The molecule has 3 rings (SSSR count). The minimum atomic E-state index is -0.549. The van der Waals surface area contributed by atoms with Gasteiger partial charge < -0.3 is 29.6 Å². The number of rotatable bonds is 10. The van der Waals surface area contributed by atoms with Crippen molar-refractivity contribution in [2.45, 2.75) is 0 Å². The number of nitrogens with zero attached hydrogens (tertiary/aromatic N) is 1. The molecule has 0 fully saturated rings. The van der Waals surface area contributed by atoms with Crippen molar-refractivity contribution in [1.82, 2.24) is 0 Å². The monoisotopic (exact) mass is 507 g/mol. The van der Waals surface area contributed by atoms with Gasteiger partial charge in [-0.05, 0) is 36.4 Å². The number of anilines is 2. The Kier molecular flexibility index (Phi) is 8.66. The summed E-state index contributed by atoms with van der Waals surface area (Å²) >= 11 is 0. The lowest BCUT2D eigenvalue weighted by Crippen LogP contribution is -2.14. The van der Waals surface area contributed by atoms with E-state index in [1.807, 2.05) is 0 Å². The molecule has 3 aromatic rings. The van der Waals surface area contributed by atoms with E-state index < -0.39 is 16.7 Å². The third kappa shape index (κ3) is 6.54. The summed E-state index contributed by atoms with van der Waals surface area (Å²) in [5.41, 5.74) is 1.32. The second-order valence-electron chi connectivity index (χ2n) is 7.44. The number of methoxy groups -OCH3 is 4. The van der Waals surface area contributed by atoms with Crippen molar-refractivity contribution in [3.05, 3.63) is 81.9 Å². The van der Waals surface area contributed by atoms with Gasteiger partial charge in [-0.25, -0.2) is 0 Å². The van der Waals surface area contributed by atoms with E-state index in [-0.39, 0.29) is 11.3 Å². The molecule has 0 aromatic heterocycles. The predicted molar refractivity (Wildman–Crippen MR) is 138 cm³/mol. The van der Waals surface area contributed by atoms with Gasteiger partial charge in [-0.2, -0.15) is 0 Å². The zero-order valence-corrected chi connectivity index (χ0v) is 20.6. The van der Waals surface area contributed by atoms with Crippen LogP contribution in [0.2, 0.25) is 0 Å². The van der Waals surface area contributed by atoms with E-state index in [1.165, 1.54) is 64.8 Å². The second kappa shape index (κ2) is 12.1. The van der Waals surface area contributed by atoms with Crippen molar-refractivity contribution in [3.63, 3.8) is 0 Å². The number of non-ortho nitro benzene ring substituents is 1. The quantitative estimate of drug-likeness (QED) is 0.232. The number of amides is 2. The molecule has 2 amide bonds. The van der Waals surface area contributed by atoms with Crippen LogP contribution in [0.1, 0.15) is 15.9 Å². The average molecular weight is 507 g/mol. The second-order valence-corrected chi connectivity index (χ2v) is 7.44. The van der Waals surface area contributed by atoms with Crippen molar-refractivity contribution in [1.29, 1.82) is 0 Å². The van der Waals surface area contributed by atoms with E-state index in [1.54, 1.807) is 30.3 Å². The normalized spacial score (nSPS) is 10.5. The molecule has 2 N–H and O–H groups in total. The molecule has 192 valence electrons. The predicted octanol–water partition coefficient (Wildman–Crippen LogP) is 4.53. The van der Waals surface area contributed by atoms with Gasteiger partial charge in [-0.1, -0.05) is 0 Å². The number of carbonyl (C=O) groups is 2. The summed E-state index contributed by atoms with van der Waals surface area (Å²) in [5.74, 6) is 0.864. The van der Waals surface area contributed by atoms with Crippen LogP contribution in [0.3, 0.4) is 0 Å². The van der Waals surface area contributed by atoms with E-state index in [0.717, 1.165) is 0 Å². The maximum Gasteiger partial charge on any atom is 0.269 e. The third-order valence-electron chi connectivity index (χ3n) is 5.21. The van der Waals surface area contributed by atoms with Crippen LogP contribution in [0.25, 0.3) is 6.08 Å². The van der Waals surface area contributed by atoms with Gasteiger partial charge in [0.1, 0.15) is 23.0 Å². The molecular weight excluding hydrogens is 482 g/mol. The first kappa shape index (κ1) is 26.5. The fraction of sp³-hybridized carbons (Fsp3) is 0.154. The van der Waals surface area contributed by atoms with E-state index in [9.17, 15) is 19.7 Å². The van der Waals surface area contributed by atoms with Crippen molar-refractivity contribution >= 4 is 35.0 Å². The summed E-state index contributed by atoms with van der Waals surface area (Å²) in [6.45, 7) is 0. The average Bonchev–Trinajstić information content (AvgIpc) is 2.91. The van der Waals surface area contributed by atoms with Gasteiger partial charge in [0, 0.05) is 41.6 Å². The van der Waals surface area contributed by atoms with E-state index in [2.05, 4.69) is 10.6 Å². The Morgan fingerprint density at radius 2 is 1.43 bits per heavy atom. The Morgan fingerprint density at radius 1 is 0.811 bits per heavy atom. The van der Waals surface area contributed by atoms with Gasteiger partial charge in [0.15, 0.2) is 0 Å². The first-order chi connectivity index (χ1) is 17.8. The van der Waals surface area contributed by atoms with Gasteiger partial charge in [-0.15, -0.1) is 0 Å². The van der Waals surface area contributed by atoms with Crippen LogP contribution in [0.5, 0.6) is 23.0 Å². The maximum absolute atomic E-state index is 12.7. The van der Waals surface area contributed by atoms with Crippen LogP contribution in [0, 0.1) is 10.1 Å². The number of nitro groups is 1. The lowest BCUT2D eigenvalue weighted by Gasteiger charge is -2.13. The number of benzene rings is 3. The summed E-state index contributed by atoms with van der Waals surface area (Å²) < 4.78 is 21.3. The molecule has 3 aromatic carbocycles. The summed E-state index contributed by atoms with van der Waals surface area (Å²) in [4.78, 5) is 35.6. The molecule has 11 heteroatoms. The van der Waals surface area contributed by atoms with Crippen LogP contribution in [0.4, 0.5) is 17.1 Å². The molecule has 0 unspecified atom stereocenters. The number of nitrogens with one attached hydrogen (secondary N) is 2. The Labute approximate surface area is 212 Å². The lowest BCUT2D eigenvalue weighted by atomic mass is 10.1. The van der Waals surface area contributed by atoms with Gasteiger partial charge in [0.25, 0.3) is 11.6 Å². The van der Waals surface area contributed by atoms with E-state index >= 15 is 0 Å². The van der Waals surface area contributed by atoms with Crippen molar-refractivity contribution in [3.8, 4) is 23.0 Å². The molecule has 0 aliphatic heterocycles. The fourth-order valence-corrected chi connectivity index (χ4v) is 3.35. The molecule has 0 saturated heterocycles. The van der Waals surface area contributed by atoms with Crippen LogP contribution in [-0.4, -0.2) is 45.2 Å². The molecular formula is C26H25N3O8. The van der Waals surface area contributed by atoms with Crippen LogP contribution >= 0.6 is 0 Å². The fourth-order valence-electron chi connectivity index (χ4n) is 3.35. The van der Waals surface area contributed by atoms with Crippen LogP contribution < -0.4 is 29.6 Å². The molecule has 0 heterocycles. The Bertz CT molecular complexity index is 1310. The van der Waals surface area contributed by atoms with Crippen molar-refractivity contribution in [2.24, 2.45) is 0 Å². The number of carbonyl (C=O) groups excluding carboxylic acids is 2. The molecule has 0 spiro atoms. The highest BCUT2D eigenvalue weighted by molar-refractivity contribution is 6.06. The summed E-state index contributed by atoms with van der Waals surface area (Å²) in [6, 6.07) is 13.2. The number of hydrogen-bond acceptors (Lipinski definition) is 8. The van der Waals surface area contributed by atoms with Crippen LogP contribution in [-0.2, 0) is 4.79 Å². The van der Waals surface area contributed by atoms with Gasteiger partial charge in [-0.3, -0.25) is 19.7 Å². The highest BCUT2D eigenvalue weighted by Crippen LogP contribution is 2.35. The molecule has 0 aliphatic carbocycles. The van der Waals surface area contributed by atoms with Gasteiger partial charge >= 0.3 is 0 Å². The number of nitro benzene ring substituents is 1. The standard InChI is InChI=1S/C26H25N3O8/c1-34-19-14-23(36-3)20(24(15-19)37-4)10-12-25(30)27-17-7-11-22(35-2)21(13-17)28-26(31)16-5-8-18(9-6-16)29(32)33/h5-15H,1-4H3,(H,27,30)(H,28,31)/b12-10+. The van der Waals surface area contributed by atoms with E-state index in [4.69, 9.17) is 18.9 Å². The van der Waals surface area contributed by atoms with Crippen LogP contribution in [0.15, 0.2) is 60.7 Å². The minimum absolute atomic E-state index is 0.128. The molecule has 0 bridgehead atoms. The molecule has 0 atom stereocenters. The number of hydrogen-bond donors (Lipinski definition) is 2. The first-order valence-corrected chi connectivity index (χ1v) is 10.8. The topological polar surface area (TPSA) is 138 Å². The Hall–Kier alpha value is -5.06.